The zero-order valence-electron chi connectivity index (χ0n) is 7.01. The molecule has 0 unspecified atom stereocenters. The summed E-state index contributed by atoms with van der Waals surface area (Å²) in [6.45, 7) is 0. The van der Waals surface area contributed by atoms with Crippen molar-refractivity contribution in [2.45, 2.75) is 6.18 Å². The van der Waals surface area contributed by atoms with Crippen LogP contribution in [0.25, 0.3) is 0 Å². The van der Waals surface area contributed by atoms with Crippen molar-refractivity contribution in [1.29, 1.82) is 0 Å². The van der Waals surface area contributed by atoms with Gasteiger partial charge in [0, 0.05) is 11.1 Å². The first-order valence-electron chi connectivity index (χ1n) is 3.54. The quantitative estimate of drug-likeness (QED) is 0.466. The van der Waals surface area contributed by atoms with E-state index in [1.165, 1.54) is 0 Å². The van der Waals surface area contributed by atoms with Crippen molar-refractivity contribution in [3.8, 4) is 0 Å². The maximum absolute atomic E-state index is 12.3. The third-order valence-corrected chi connectivity index (χ3v) is 1.84. The molecule has 0 spiro atoms. The van der Waals surface area contributed by atoms with Crippen molar-refractivity contribution in [3.05, 3.63) is 32.8 Å². The fraction of sp³-hybridized carbons (Fsp3) is 0.143. The van der Waals surface area contributed by atoms with E-state index in [0.29, 0.717) is 6.07 Å². The summed E-state index contributed by atoms with van der Waals surface area (Å²) in [6, 6.07) is 1.32. The number of rotatable bonds is 1. The first-order chi connectivity index (χ1) is 6.73. The van der Waals surface area contributed by atoms with E-state index in [2.05, 4.69) is 0 Å². The maximum Gasteiger partial charge on any atom is 0.418 e. The van der Waals surface area contributed by atoms with Crippen LogP contribution in [0.5, 0.6) is 0 Å². The Morgan fingerprint density at radius 3 is 2.33 bits per heavy atom. The van der Waals surface area contributed by atoms with Gasteiger partial charge in [-0.25, -0.2) is 0 Å². The van der Waals surface area contributed by atoms with E-state index >= 15 is 0 Å². The van der Waals surface area contributed by atoms with Gasteiger partial charge < -0.3 is 5.73 Å². The van der Waals surface area contributed by atoms with Crippen molar-refractivity contribution >= 4 is 23.0 Å². The average molecular weight is 241 g/mol. The van der Waals surface area contributed by atoms with Crippen LogP contribution in [0.1, 0.15) is 5.56 Å². The Morgan fingerprint density at radius 2 is 1.93 bits per heavy atom. The number of nitro groups is 1. The first kappa shape index (κ1) is 11.6. The summed E-state index contributed by atoms with van der Waals surface area (Å²) in [5.41, 5.74) is 1.93. The minimum absolute atomic E-state index is 0.386. The fourth-order valence-electron chi connectivity index (χ4n) is 0.989. The molecule has 0 saturated carbocycles. The lowest BCUT2D eigenvalue weighted by molar-refractivity contribution is -0.384. The Labute approximate surface area is 86.6 Å². The molecule has 0 aliphatic rings. The van der Waals surface area contributed by atoms with Crippen LogP contribution >= 0.6 is 11.6 Å². The summed E-state index contributed by atoms with van der Waals surface area (Å²) in [5.74, 6) is 0. The predicted octanol–water partition coefficient (Wildman–Crippen LogP) is 2.85. The molecule has 0 atom stereocenters. The van der Waals surface area contributed by atoms with Crippen LogP contribution in [-0.2, 0) is 6.18 Å². The lowest BCUT2D eigenvalue weighted by Crippen LogP contribution is -2.10. The molecule has 1 rings (SSSR count). The van der Waals surface area contributed by atoms with E-state index in [4.69, 9.17) is 17.3 Å². The number of alkyl halides is 3. The summed E-state index contributed by atoms with van der Waals surface area (Å²) in [7, 11) is 0. The second kappa shape index (κ2) is 3.58. The van der Waals surface area contributed by atoms with Crippen molar-refractivity contribution in [3.63, 3.8) is 0 Å². The van der Waals surface area contributed by atoms with Crippen LogP contribution in [-0.4, -0.2) is 4.92 Å². The molecule has 4 nitrogen and oxygen atoms in total. The molecule has 0 saturated heterocycles. The van der Waals surface area contributed by atoms with Gasteiger partial charge in [-0.1, -0.05) is 11.6 Å². The van der Waals surface area contributed by atoms with Crippen molar-refractivity contribution in [1.82, 2.24) is 0 Å². The van der Waals surface area contributed by atoms with Gasteiger partial charge in [-0.2, -0.15) is 13.2 Å². The molecule has 8 heteroatoms. The number of hydrogen-bond acceptors (Lipinski definition) is 3. The molecule has 0 aliphatic carbocycles. The van der Waals surface area contributed by atoms with Gasteiger partial charge in [0.25, 0.3) is 5.69 Å². The predicted molar refractivity (Wildman–Crippen MR) is 47.5 cm³/mol. The third-order valence-electron chi connectivity index (χ3n) is 1.63. The Balaban J connectivity index is 3.49. The SMILES string of the molecule is Nc1c([N+](=O)[O-])cc(Cl)cc1C(F)(F)F. The van der Waals surface area contributed by atoms with E-state index < -0.39 is 28.0 Å². The van der Waals surface area contributed by atoms with Crippen LogP contribution in [0.3, 0.4) is 0 Å². The number of benzene rings is 1. The van der Waals surface area contributed by atoms with E-state index in [0.717, 1.165) is 6.07 Å². The van der Waals surface area contributed by atoms with Gasteiger partial charge in [-0.3, -0.25) is 10.1 Å². The van der Waals surface area contributed by atoms with Crippen LogP contribution in [0.4, 0.5) is 24.5 Å². The van der Waals surface area contributed by atoms with Crippen LogP contribution < -0.4 is 5.73 Å². The van der Waals surface area contributed by atoms with Crippen LogP contribution in [0.15, 0.2) is 12.1 Å². The van der Waals surface area contributed by atoms with Crippen molar-refractivity contribution in [2.24, 2.45) is 0 Å². The highest BCUT2D eigenvalue weighted by molar-refractivity contribution is 6.31. The lowest BCUT2D eigenvalue weighted by atomic mass is 10.1. The summed E-state index contributed by atoms with van der Waals surface area (Å²) in [6.07, 6.45) is -4.76. The monoisotopic (exact) mass is 240 g/mol. The molecular formula is C7H4ClF3N2O2. The number of nitrogens with two attached hydrogens (primary N) is 1. The fourth-order valence-corrected chi connectivity index (χ4v) is 1.20. The maximum atomic E-state index is 12.3. The summed E-state index contributed by atoms with van der Waals surface area (Å²) in [5, 5.41) is 9.97. The minimum Gasteiger partial charge on any atom is -0.393 e. The van der Waals surface area contributed by atoms with E-state index in [-0.39, 0.29) is 5.02 Å². The topological polar surface area (TPSA) is 69.2 Å². The Hall–Kier alpha value is -1.50. The van der Waals surface area contributed by atoms with Gasteiger partial charge >= 0.3 is 6.18 Å². The molecule has 0 aliphatic heterocycles. The normalized spacial score (nSPS) is 11.5. The van der Waals surface area contributed by atoms with Gasteiger partial charge in [-0.15, -0.1) is 0 Å². The molecule has 0 amide bonds. The standard InChI is InChI=1S/C7H4ClF3N2O2/c8-3-1-4(7(9,10)11)6(12)5(2-3)13(14)15/h1-2H,12H2. The summed E-state index contributed by atoms with van der Waals surface area (Å²) in [4.78, 5) is 9.34. The summed E-state index contributed by atoms with van der Waals surface area (Å²) < 4.78 is 36.9. The molecule has 1 aromatic carbocycles. The smallest absolute Gasteiger partial charge is 0.393 e. The first-order valence-corrected chi connectivity index (χ1v) is 3.92. The van der Waals surface area contributed by atoms with Gasteiger partial charge in [0.15, 0.2) is 0 Å². The van der Waals surface area contributed by atoms with Crippen molar-refractivity contribution < 1.29 is 18.1 Å². The zero-order chi connectivity index (χ0) is 11.8. The highest BCUT2D eigenvalue weighted by Crippen LogP contribution is 2.39. The Morgan fingerprint density at radius 1 is 1.40 bits per heavy atom. The Bertz CT molecular complexity index is 419. The molecular weight excluding hydrogens is 237 g/mol. The molecule has 0 radical (unpaired) electrons. The van der Waals surface area contributed by atoms with Crippen LogP contribution in [0, 0.1) is 10.1 Å². The van der Waals surface area contributed by atoms with Crippen molar-refractivity contribution in [2.75, 3.05) is 5.73 Å². The zero-order valence-corrected chi connectivity index (χ0v) is 7.76. The number of nitrogens with zero attached hydrogens (tertiary/aromatic N) is 1. The molecule has 0 fully saturated rings. The van der Waals surface area contributed by atoms with Gasteiger partial charge in [0.05, 0.1) is 10.5 Å². The lowest BCUT2D eigenvalue weighted by Gasteiger charge is -2.10. The van der Waals surface area contributed by atoms with Gasteiger partial charge in [-0.05, 0) is 6.07 Å². The second-order valence-corrected chi connectivity index (χ2v) is 3.08. The van der Waals surface area contributed by atoms with E-state index in [9.17, 15) is 23.3 Å². The molecule has 2 N–H and O–H groups in total. The number of anilines is 1. The molecule has 0 bridgehead atoms. The van der Waals surface area contributed by atoms with E-state index in [1.54, 1.807) is 0 Å². The van der Waals surface area contributed by atoms with Gasteiger partial charge in [0.2, 0.25) is 0 Å². The molecule has 1 aromatic rings. The van der Waals surface area contributed by atoms with Gasteiger partial charge in [0.1, 0.15) is 5.69 Å². The number of halogens is 4. The van der Waals surface area contributed by atoms with E-state index in [1.807, 2.05) is 0 Å². The average Bonchev–Trinajstić information content (AvgIpc) is 2.06. The molecule has 0 aromatic heterocycles. The highest BCUT2D eigenvalue weighted by atomic mass is 35.5. The second-order valence-electron chi connectivity index (χ2n) is 2.64. The largest absolute Gasteiger partial charge is 0.418 e. The third kappa shape index (κ3) is 2.30. The van der Waals surface area contributed by atoms with Crippen LogP contribution in [0.2, 0.25) is 5.02 Å². The minimum atomic E-state index is -4.76. The highest BCUT2D eigenvalue weighted by Gasteiger charge is 2.36. The Kier molecular flexibility index (Phi) is 2.76. The molecule has 82 valence electrons. The molecule has 15 heavy (non-hydrogen) atoms. The summed E-state index contributed by atoms with van der Waals surface area (Å²) >= 11 is 5.31. The number of hydrogen-bond donors (Lipinski definition) is 1. The number of nitrogen functional groups attached to an aromatic ring is 1. The molecule has 0 heterocycles. The number of nitro benzene ring substituents is 1.